The molecule has 0 saturated carbocycles. The number of hydrogen-bond acceptors (Lipinski definition) is 3. The summed E-state index contributed by atoms with van der Waals surface area (Å²) in [7, 11) is 3.01. The minimum absolute atomic E-state index is 0.0572. The molecule has 0 aliphatic rings. The largest absolute Gasteiger partial charge is 0.493 e. The zero-order valence-corrected chi connectivity index (χ0v) is 14.8. The normalized spacial score (nSPS) is 10.6. The van der Waals surface area contributed by atoms with Crippen LogP contribution in [0.5, 0.6) is 11.5 Å². The van der Waals surface area contributed by atoms with Crippen molar-refractivity contribution in [3.05, 3.63) is 59.2 Å². The van der Waals surface area contributed by atoms with E-state index < -0.39 is 11.7 Å². The highest BCUT2D eigenvalue weighted by Gasteiger charge is 2.32. The van der Waals surface area contributed by atoms with Gasteiger partial charge in [0.1, 0.15) is 0 Å². The maximum absolute atomic E-state index is 12.9. The van der Waals surface area contributed by atoms with Crippen molar-refractivity contribution >= 4 is 5.91 Å². The van der Waals surface area contributed by atoms with E-state index in [9.17, 15) is 18.0 Å². The molecule has 0 heterocycles. The smallest absolute Gasteiger partial charge is 0.417 e. The van der Waals surface area contributed by atoms with Gasteiger partial charge in [-0.25, -0.2) is 0 Å². The predicted octanol–water partition coefficient (Wildman–Crippen LogP) is 3.43. The molecule has 0 spiro atoms. The molecule has 2 aromatic carbocycles. The van der Waals surface area contributed by atoms with Crippen molar-refractivity contribution in [2.75, 3.05) is 20.8 Å². The van der Waals surface area contributed by atoms with E-state index >= 15 is 0 Å². The molecule has 142 valence electrons. The lowest BCUT2D eigenvalue weighted by atomic mass is 10.1. The molecule has 0 saturated heterocycles. The Labute approximate surface area is 155 Å². The molecule has 0 aromatic heterocycles. The molecule has 0 radical (unpaired) electrons. The van der Waals surface area contributed by atoms with Gasteiger partial charge >= 0.3 is 6.18 Å². The van der Waals surface area contributed by atoms with Crippen LogP contribution in [-0.4, -0.2) is 26.7 Å². The van der Waals surface area contributed by atoms with E-state index in [1.807, 2.05) is 0 Å². The van der Waals surface area contributed by atoms with E-state index in [2.05, 4.69) is 17.2 Å². The summed E-state index contributed by atoms with van der Waals surface area (Å²) in [6.45, 7) is -0.0572. The van der Waals surface area contributed by atoms with Crippen molar-refractivity contribution in [3.8, 4) is 23.3 Å². The average Bonchev–Trinajstić information content (AvgIpc) is 2.64. The zero-order chi connectivity index (χ0) is 19.9. The highest BCUT2D eigenvalue weighted by molar-refractivity contribution is 5.79. The number of alkyl halides is 3. The van der Waals surface area contributed by atoms with Crippen LogP contribution in [0.15, 0.2) is 42.5 Å². The fraction of sp³-hybridized carbons (Fsp3) is 0.250. The van der Waals surface area contributed by atoms with Gasteiger partial charge in [0.2, 0.25) is 5.91 Å². The molecule has 1 amide bonds. The van der Waals surface area contributed by atoms with Gasteiger partial charge < -0.3 is 14.8 Å². The van der Waals surface area contributed by atoms with E-state index in [0.29, 0.717) is 17.1 Å². The van der Waals surface area contributed by atoms with Gasteiger partial charge in [-0.2, -0.15) is 13.2 Å². The number of halogens is 3. The maximum atomic E-state index is 12.9. The molecule has 0 aliphatic heterocycles. The molecule has 2 aromatic rings. The molecule has 0 atom stereocenters. The van der Waals surface area contributed by atoms with Crippen LogP contribution in [0.4, 0.5) is 13.2 Å². The standard InChI is InChI=1S/C20H18F3NO3/c1-26-17-10-9-14(12-18(17)27-2)13-19(25)24-11-5-7-15-6-3-4-8-16(15)20(21,22)23/h3-4,6,8-10,12H,11,13H2,1-2H3,(H,24,25). The van der Waals surface area contributed by atoms with Crippen molar-refractivity contribution < 1.29 is 27.4 Å². The Balaban J connectivity index is 1.96. The molecular formula is C20H18F3NO3. The zero-order valence-electron chi connectivity index (χ0n) is 14.8. The Bertz CT molecular complexity index is 867. The van der Waals surface area contributed by atoms with Gasteiger partial charge in [0.25, 0.3) is 0 Å². The second-order valence-electron chi connectivity index (χ2n) is 5.49. The number of methoxy groups -OCH3 is 2. The summed E-state index contributed by atoms with van der Waals surface area (Å²) in [6.07, 6.45) is -4.39. The van der Waals surface area contributed by atoms with Crippen molar-refractivity contribution in [3.63, 3.8) is 0 Å². The fourth-order valence-electron chi connectivity index (χ4n) is 2.36. The first kappa shape index (κ1) is 20.2. The quantitative estimate of drug-likeness (QED) is 0.813. The van der Waals surface area contributed by atoms with E-state index in [1.54, 1.807) is 18.2 Å². The second kappa shape index (κ2) is 8.99. The number of hydrogen-bond donors (Lipinski definition) is 1. The lowest BCUT2D eigenvalue weighted by Gasteiger charge is -2.09. The highest BCUT2D eigenvalue weighted by atomic mass is 19.4. The van der Waals surface area contributed by atoms with Gasteiger partial charge in [0.15, 0.2) is 11.5 Å². The molecule has 7 heteroatoms. The van der Waals surface area contributed by atoms with Gasteiger partial charge in [-0.05, 0) is 29.8 Å². The number of nitrogens with one attached hydrogen (secondary N) is 1. The maximum Gasteiger partial charge on any atom is 0.417 e. The first-order chi connectivity index (χ1) is 12.8. The Hall–Kier alpha value is -3.14. The topological polar surface area (TPSA) is 47.6 Å². The molecule has 1 N–H and O–H groups in total. The van der Waals surface area contributed by atoms with Crippen LogP contribution < -0.4 is 14.8 Å². The average molecular weight is 377 g/mol. The third-order valence-corrected chi connectivity index (χ3v) is 3.64. The van der Waals surface area contributed by atoms with Gasteiger partial charge in [0, 0.05) is 5.56 Å². The summed E-state index contributed by atoms with van der Waals surface area (Å²) in [5.74, 6) is 5.75. The first-order valence-corrected chi connectivity index (χ1v) is 7.98. The second-order valence-corrected chi connectivity index (χ2v) is 5.49. The molecule has 0 bridgehead atoms. The van der Waals surface area contributed by atoms with Gasteiger partial charge in [0.05, 0.1) is 32.7 Å². The Morgan fingerprint density at radius 3 is 2.44 bits per heavy atom. The molecule has 2 rings (SSSR count). The summed E-state index contributed by atoms with van der Waals surface area (Å²) < 4.78 is 49.0. The van der Waals surface area contributed by atoms with Crippen molar-refractivity contribution in [1.29, 1.82) is 0 Å². The first-order valence-electron chi connectivity index (χ1n) is 7.98. The number of ether oxygens (including phenoxy) is 2. The molecule has 0 unspecified atom stereocenters. The van der Waals surface area contributed by atoms with Crippen LogP contribution in [0.25, 0.3) is 0 Å². The third kappa shape index (κ3) is 5.68. The van der Waals surface area contributed by atoms with Crippen molar-refractivity contribution in [2.45, 2.75) is 12.6 Å². The summed E-state index contributed by atoms with van der Waals surface area (Å²) in [5.41, 5.74) is -0.214. The Morgan fingerprint density at radius 1 is 1.07 bits per heavy atom. The number of benzene rings is 2. The van der Waals surface area contributed by atoms with Crippen LogP contribution in [0.3, 0.4) is 0 Å². The summed E-state index contributed by atoms with van der Waals surface area (Å²) in [6, 6.07) is 10.2. The van der Waals surface area contributed by atoms with Crippen LogP contribution in [0.1, 0.15) is 16.7 Å². The summed E-state index contributed by atoms with van der Waals surface area (Å²) >= 11 is 0. The van der Waals surface area contributed by atoms with E-state index in [-0.39, 0.29) is 24.4 Å². The van der Waals surface area contributed by atoms with Crippen LogP contribution in [0.2, 0.25) is 0 Å². The van der Waals surface area contributed by atoms with Crippen molar-refractivity contribution in [2.24, 2.45) is 0 Å². The van der Waals surface area contributed by atoms with E-state index in [4.69, 9.17) is 9.47 Å². The third-order valence-electron chi connectivity index (χ3n) is 3.64. The monoisotopic (exact) mass is 377 g/mol. The van der Waals surface area contributed by atoms with Gasteiger partial charge in [-0.1, -0.05) is 30.0 Å². The predicted molar refractivity (Wildman–Crippen MR) is 94.6 cm³/mol. The summed E-state index contributed by atoms with van der Waals surface area (Å²) in [4.78, 5) is 12.0. The Morgan fingerprint density at radius 2 is 1.78 bits per heavy atom. The summed E-state index contributed by atoms with van der Waals surface area (Å²) in [5, 5.41) is 2.56. The highest BCUT2D eigenvalue weighted by Crippen LogP contribution is 2.31. The minimum atomic E-state index is -4.47. The molecular weight excluding hydrogens is 359 g/mol. The lowest BCUT2D eigenvalue weighted by Crippen LogP contribution is -2.25. The molecule has 0 aliphatic carbocycles. The number of rotatable bonds is 5. The molecule has 4 nitrogen and oxygen atoms in total. The number of carbonyl (C=O) groups excluding carboxylic acids is 1. The Kier molecular flexibility index (Phi) is 6.72. The van der Waals surface area contributed by atoms with Crippen LogP contribution >= 0.6 is 0 Å². The van der Waals surface area contributed by atoms with E-state index in [0.717, 1.165) is 6.07 Å². The van der Waals surface area contributed by atoms with Gasteiger partial charge in [-0.3, -0.25) is 4.79 Å². The van der Waals surface area contributed by atoms with E-state index in [1.165, 1.54) is 32.4 Å². The fourth-order valence-corrected chi connectivity index (χ4v) is 2.36. The number of amides is 1. The van der Waals surface area contributed by atoms with Crippen LogP contribution in [0, 0.1) is 11.8 Å². The minimum Gasteiger partial charge on any atom is -0.493 e. The molecule has 27 heavy (non-hydrogen) atoms. The van der Waals surface area contributed by atoms with Crippen molar-refractivity contribution in [1.82, 2.24) is 5.32 Å². The molecule has 0 fully saturated rings. The lowest BCUT2D eigenvalue weighted by molar-refractivity contribution is -0.137. The number of carbonyl (C=O) groups is 1. The van der Waals surface area contributed by atoms with Crippen LogP contribution in [-0.2, 0) is 17.4 Å². The SMILES string of the molecule is COc1ccc(CC(=O)NCC#Cc2ccccc2C(F)(F)F)cc1OC. The van der Waals surface area contributed by atoms with Gasteiger partial charge in [-0.15, -0.1) is 0 Å².